The quantitative estimate of drug-likeness (QED) is 0.0911. The highest BCUT2D eigenvalue weighted by atomic mass is 16.4. The van der Waals surface area contributed by atoms with Gasteiger partial charge >= 0.3 is 11.9 Å². The zero-order valence-corrected chi connectivity index (χ0v) is 20.6. The summed E-state index contributed by atoms with van der Waals surface area (Å²) in [5.74, 6) is -5.75. The fraction of sp³-hybridized carbons (Fsp3) is 0.478. The Bertz CT molecular complexity index is 986. The van der Waals surface area contributed by atoms with Gasteiger partial charge in [-0.25, -0.2) is 0 Å². The highest BCUT2D eigenvalue weighted by Gasteiger charge is 2.29. The molecule has 38 heavy (non-hydrogen) atoms. The highest BCUT2D eigenvalue weighted by molar-refractivity contribution is 5.95. The van der Waals surface area contributed by atoms with Crippen LogP contribution in [-0.2, 0) is 35.2 Å². The van der Waals surface area contributed by atoms with Crippen molar-refractivity contribution in [3.63, 3.8) is 0 Å². The second kappa shape index (κ2) is 16.5. The van der Waals surface area contributed by atoms with Crippen molar-refractivity contribution in [3.05, 3.63) is 29.8 Å². The van der Waals surface area contributed by atoms with E-state index < -0.39 is 73.2 Å². The van der Waals surface area contributed by atoms with Gasteiger partial charge < -0.3 is 48.1 Å². The van der Waals surface area contributed by atoms with Gasteiger partial charge in [-0.05, 0) is 43.5 Å². The van der Waals surface area contributed by atoms with Gasteiger partial charge in [0.15, 0.2) is 0 Å². The van der Waals surface area contributed by atoms with E-state index in [1.807, 2.05) is 0 Å². The fourth-order valence-corrected chi connectivity index (χ4v) is 3.20. The summed E-state index contributed by atoms with van der Waals surface area (Å²) in [6, 6.07) is 1.95. The lowest BCUT2D eigenvalue weighted by Gasteiger charge is -2.24. The molecule has 0 heterocycles. The molecule has 11 N–H and O–H groups in total. The normalized spacial score (nSPS) is 12.9. The van der Waals surface area contributed by atoms with Crippen LogP contribution in [0.15, 0.2) is 24.3 Å². The zero-order valence-electron chi connectivity index (χ0n) is 20.6. The standard InChI is InChI=1S/C23H34N6O9/c24-8-2-1-3-16(22(37)27-11-18(31)26-12-20(34)35)28-23(38)17(9-13-4-6-14(30)7-5-13)29-21(36)15(25)10-19(32)33/h4-7,15-17,30H,1-3,8-12,24-25H2,(H,26,31)(H,27,37)(H,28,38)(H,29,36)(H,32,33)(H,34,35)/t15-,16-,17-/m0/s1. The van der Waals surface area contributed by atoms with Gasteiger partial charge in [-0.15, -0.1) is 0 Å². The summed E-state index contributed by atoms with van der Waals surface area (Å²) in [4.78, 5) is 71.6. The number of unbranched alkanes of at least 4 members (excludes halogenated alkanes) is 1. The van der Waals surface area contributed by atoms with Gasteiger partial charge in [-0.1, -0.05) is 12.1 Å². The summed E-state index contributed by atoms with van der Waals surface area (Å²) in [7, 11) is 0. The van der Waals surface area contributed by atoms with Crippen LogP contribution in [0.1, 0.15) is 31.2 Å². The molecule has 0 aliphatic rings. The number of amides is 4. The lowest BCUT2D eigenvalue weighted by molar-refractivity contribution is -0.140. The number of aliphatic carboxylic acids is 2. The molecule has 0 aliphatic heterocycles. The lowest BCUT2D eigenvalue weighted by Crippen LogP contribution is -2.57. The highest BCUT2D eigenvalue weighted by Crippen LogP contribution is 2.12. The molecule has 15 heteroatoms. The molecular weight excluding hydrogens is 504 g/mol. The number of phenolic OH excluding ortho intramolecular Hbond substituents is 1. The van der Waals surface area contributed by atoms with Crippen LogP contribution in [0.4, 0.5) is 0 Å². The Morgan fingerprint density at radius 3 is 2.00 bits per heavy atom. The average molecular weight is 539 g/mol. The van der Waals surface area contributed by atoms with E-state index in [0.717, 1.165) is 0 Å². The van der Waals surface area contributed by atoms with Gasteiger partial charge in [-0.3, -0.25) is 28.8 Å². The number of hydrogen-bond acceptors (Lipinski definition) is 9. The molecule has 0 saturated heterocycles. The van der Waals surface area contributed by atoms with Crippen molar-refractivity contribution in [2.45, 2.75) is 50.2 Å². The minimum Gasteiger partial charge on any atom is -0.508 e. The molecule has 1 rings (SSSR count). The number of carbonyl (C=O) groups excluding carboxylic acids is 4. The van der Waals surface area contributed by atoms with Crippen molar-refractivity contribution in [1.82, 2.24) is 21.3 Å². The van der Waals surface area contributed by atoms with Gasteiger partial charge in [0.2, 0.25) is 23.6 Å². The lowest BCUT2D eigenvalue weighted by atomic mass is 10.0. The Morgan fingerprint density at radius 1 is 0.789 bits per heavy atom. The van der Waals surface area contributed by atoms with E-state index in [-0.39, 0.29) is 18.6 Å². The van der Waals surface area contributed by atoms with E-state index in [4.69, 9.17) is 21.7 Å². The number of nitrogens with two attached hydrogens (primary N) is 2. The minimum atomic E-state index is -1.43. The summed E-state index contributed by atoms with van der Waals surface area (Å²) in [5, 5.41) is 36.4. The third-order valence-corrected chi connectivity index (χ3v) is 5.18. The summed E-state index contributed by atoms with van der Waals surface area (Å²) in [6.45, 7) is -0.831. The number of carboxylic acid groups (broad SMARTS) is 2. The maximum Gasteiger partial charge on any atom is 0.322 e. The van der Waals surface area contributed by atoms with Crippen LogP contribution in [0.3, 0.4) is 0 Å². The second-order valence-electron chi connectivity index (χ2n) is 8.37. The summed E-state index contributed by atoms with van der Waals surface area (Å²) in [6.07, 6.45) is 0.374. The molecule has 0 fully saturated rings. The second-order valence-corrected chi connectivity index (χ2v) is 8.37. The van der Waals surface area contributed by atoms with Gasteiger partial charge in [0, 0.05) is 6.42 Å². The van der Waals surface area contributed by atoms with Crippen LogP contribution in [0, 0.1) is 0 Å². The molecule has 3 atom stereocenters. The van der Waals surface area contributed by atoms with E-state index in [1.54, 1.807) is 0 Å². The number of benzene rings is 1. The SMILES string of the molecule is NCCCC[C@H](NC(=O)[C@H](Cc1ccc(O)cc1)NC(=O)[C@@H](N)CC(=O)O)C(=O)NCC(=O)NCC(=O)O. The van der Waals surface area contributed by atoms with Crippen LogP contribution in [0.2, 0.25) is 0 Å². The molecule has 0 saturated carbocycles. The Morgan fingerprint density at radius 2 is 1.42 bits per heavy atom. The van der Waals surface area contributed by atoms with Crippen LogP contribution in [0.5, 0.6) is 5.75 Å². The van der Waals surface area contributed by atoms with E-state index in [1.165, 1.54) is 24.3 Å². The first-order valence-corrected chi connectivity index (χ1v) is 11.7. The van der Waals surface area contributed by atoms with Gasteiger partial charge in [-0.2, -0.15) is 0 Å². The maximum absolute atomic E-state index is 13.2. The van der Waals surface area contributed by atoms with Gasteiger partial charge in [0.1, 0.15) is 24.4 Å². The largest absolute Gasteiger partial charge is 0.508 e. The smallest absolute Gasteiger partial charge is 0.322 e. The molecule has 0 unspecified atom stereocenters. The topological polar surface area (TPSA) is 263 Å². The fourth-order valence-electron chi connectivity index (χ4n) is 3.20. The number of aromatic hydroxyl groups is 1. The number of nitrogens with one attached hydrogen (secondary N) is 4. The molecule has 0 bridgehead atoms. The summed E-state index contributed by atoms with van der Waals surface area (Å²) >= 11 is 0. The van der Waals surface area contributed by atoms with Crippen molar-refractivity contribution >= 4 is 35.6 Å². The Hall–Kier alpha value is -4.24. The van der Waals surface area contributed by atoms with Crippen molar-refractivity contribution in [1.29, 1.82) is 0 Å². The average Bonchev–Trinajstić information content (AvgIpc) is 2.85. The number of rotatable bonds is 17. The van der Waals surface area contributed by atoms with Crippen LogP contribution >= 0.6 is 0 Å². The Kier molecular flexibility index (Phi) is 13.8. The zero-order chi connectivity index (χ0) is 28.7. The van der Waals surface area contributed by atoms with Gasteiger partial charge in [0.05, 0.1) is 19.0 Å². The van der Waals surface area contributed by atoms with Crippen LogP contribution < -0.4 is 32.7 Å². The monoisotopic (exact) mass is 538 g/mol. The predicted octanol–water partition coefficient (Wildman–Crippen LogP) is -2.85. The summed E-state index contributed by atoms with van der Waals surface area (Å²) < 4.78 is 0. The van der Waals surface area contributed by atoms with E-state index in [2.05, 4.69) is 21.3 Å². The molecular formula is C23H34N6O9. The van der Waals surface area contributed by atoms with Crippen molar-refractivity contribution in [3.8, 4) is 5.75 Å². The summed E-state index contributed by atoms with van der Waals surface area (Å²) in [5.41, 5.74) is 11.7. The van der Waals surface area contributed by atoms with Crippen molar-refractivity contribution in [2.75, 3.05) is 19.6 Å². The molecule has 1 aromatic rings. The maximum atomic E-state index is 13.2. The first-order valence-electron chi connectivity index (χ1n) is 11.7. The molecule has 0 spiro atoms. The van der Waals surface area contributed by atoms with Crippen LogP contribution in [0.25, 0.3) is 0 Å². The van der Waals surface area contributed by atoms with Crippen LogP contribution in [-0.4, -0.2) is 88.6 Å². The van der Waals surface area contributed by atoms with E-state index in [9.17, 15) is 33.9 Å². The first-order chi connectivity index (χ1) is 17.9. The number of carbonyl (C=O) groups is 6. The number of phenols is 1. The molecule has 210 valence electrons. The van der Waals surface area contributed by atoms with Crippen molar-refractivity contribution in [2.24, 2.45) is 11.5 Å². The molecule has 4 amide bonds. The molecule has 0 aromatic heterocycles. The number of carboxylic acids is 2. The minimum absolute atomic E-state index is 0.0219. The molecule has 0 radical (unpaired) electrons. The first kappa shape index (κ1) is 31.8. The Labute approximate surface area is 218 Å². The van der Waals surface area contributed by atoms with Gasteiger partial charge in [0.25, 0.3) is 0 Å². The Balaban J connectivity index is 3.01. The number of hydrogen-bond donors (Lipinski definition) is 9. The van der Waals surface area contributed by atoms with E-state index in [0.29, 0.717) is 24.9 Å². The molecule has 1 aromatic carbocycles. The third-order valence-electron chi connectivity index (χ3n) is 5.18. The molecule has 15 nitrogen and oxygen atoms in total. The third kappa shape index (κ3) is 12.6. The predicted molar refractivity (Wildman–Crippen MR) is 132 cm³/mol. The molecule has 0 aliphatic carbocycles. The van der Waals surface area contributed by atoms with Crippen molar-refractivity contribution < 1.29 is 44.1 Å². The van der Waals surface area contributed by atoms with E-state index >= 15 is 0 Å².